The van der Waals surface area contributed by atoms with E-state index in [1.54, 1.807) is 19.2 Å². The normalized spacial score (nSPS) is 12.1. The zero-order chi connectivity index (χ0) is 12.0. The molecule has 5 heteroatoms. The predicted molar refractivity (Wildman–Crippen MR) is 62.0 cm³/mol. The first-order valence-electron chi connectivity index (χ1n) is 4.83. The van der Waals surface area contributed by atoms with Crippen LogP contribution < -0.4 is 5.32 Å². The lowest BCUT2D eigenvalue weighted by atomic mass is 10.2. The van der Waals surface area contributed by atoms with Crippen LogP contribution in [0.1, 0.15) is 10.4 Å². The van der Waals surface area contributed by atoms with E-state index in [-0.39, 0.29) is 17.0 Å². The van der Waals surface area contributed by atoms with Gasteiger partial charge in [-0.05, 0) is 18.2 Å². The Labute approximate surface area is 99.2 Å². The van der Waals surface area contributed by atoms with Crippen molar-refractivity contribution in [3.05, 3.63) is 29.8 Å². The minimum absolute atomic E-state index is 0.0620. The lowest BCUT2D eigenvalue weighted by Crippen LogP contribution is -2.31. The summed E-state index contributed by atoms with van der Waals surface area (Å²) in [6.45, 7) is 0.700. The molecule has 0 fully saturated rings. The van der Waals surface area contributed by atoms with Crippen LogP contribution in [0.25, 0.3) is 0 Å². The van der Waals surface area contributed by atoms with Gasteiger partial charge >= 0.3 is 0 Å². The predicted octanol–water partition coefficient (Wildman–Crippen LogP) is 1.38. The molecule has 0 bridgehead atoms. The second-order valence-electron chi connectivity index (χ2n) is 3.31. The molecule has 0 heterocycles. The maximum atomic E-state index is 11.6. The number of amides is 1. The maximum Gasteiger partial charge on any atom is 0.251 e. The first-order valence-corrected chi connectivity index (χ1v) is 5.27. The third-order valence-electron chi connectivity index (χ3n) is 1.94. The van der Waals surface area contributed by atoms with Gasteiger partial charge in [-0.25, -0.2) is 0 Å². The van der Waals surface area contributed by atoms with E-state index in [2.05, 4.69) is 5.32 Å². The average molecular weight is 244 g/mol. The number of phenolic OH excluding ortho intramolecular Hbond substituents is 1. The van der Waals surface area contributed by atoms with Crippen molar-refractivity contribution < 1.29 is 14.6 Å². The fraction of sp³-hybridized carbons (Fsp3) is 0.364. The third kappa shape index (κ3) is 4.08. The summed E-state index contributed by atoms with van der Waals surface area (Å²) in [7, 11) is 1.55. The molecule has 1 aromatic rings. The fourth-order valence-corrected chi connectivity index (χ4v) is 1.40. The molecule has 1 rings (SSSR count). The quantitative estimate of drug-likeness (QED) is 0.768. The number of rotatable bonds is 5. The Morgan fingerprint density at radius 3 is 3.00 bits per heavy atom. The highest BCUT2D eigenvalue weighted by Crippen LogP contribution is 2.10. The zero-order valence-electron chi connectivity index (χ0n) is 8.94. The van der Waals surface area contributed by atoms with Crippen LogP contribution in [-0.4, -0.2) is 36.7 Å². The number of hydrogen-bond donors (Lipinski definition) is 2. The van der Waals surface area contributed by atoms with Crippen LogP contribution >= 0.6 is 11.6 Å². The number of carbonyl (C=O) groups excluding carboxylic acids is 1. The molecule has 1 atom stereocenters. The van der Waals surface area contributed by atoms with E-state index in [0.717, 1.165) is 0 Å². The van der Waals surface area contributed by atoms with Gasteiger partial charge in [0.2, 0.25) is 0 Å². The van der Waals surface area contributed by atoms with Gasteiger partial charge in [0, 0.05) is 19.2 Å². The molecule has 0 saturated heterocycles. The third-order valence-corrected chi connectivity index (χ3v) is 2.22. The van der Waals surface area contributed by atoms with Gasteiger partial charge in [-0.1, -0.05) is 6.07 Å². The highest BCUT2D eigenvalue weighted by atomic mass is 35.5. The van der Waals surface area contributed by atoms with Crippen LogP contribution in [0.2, 0.25) is 0 Å². The number of methoxy groups -OCH3 is 1. The van der Waals surface area contributed by atoms with Crippen LogP contribution in [0.15, 0.2) is 24.3 Å². The minimum Gasteiger partial charge on any atom is -0.508 e. The van der Waals surface area contributed by atoms with Crippen molar-refractivity contribution in [2.45, 2.75) is 5.38 Å². The highest BCUT2D eigenvalue weighted by Gasteiger charge is 2.09. The van der Waals surface area contributed by atoms with Gasteiger partial charge in [-0.3, -0.25) is 4.79 Å². The fourth-order valence-electron chi connectivity index (χ4n) is 1.19. The first-order chi connectivity index (χ1) is 7.63. The molecule has 0 aliphatic rings. The van der Waals surface area contributed by atoms with Crippen LogP contribution in [-0.2, 0) is 4.74 Å². The molecule has 0 spiro atoms. The summed E-state index contributed by atoms with van der Waals surface area (Å²) in [6, 6.07) is 6.13. The molecule has 2 N–H and O–H groups in total. The second-order valence-corrected chi connectivity index (χ2v) is 3.93. The summed E-state index contributed by atoms with van der Waals surface area (Å²) in [5.74, 6) is -0.204. The SMILES string of the molecule is COCC(Cl)CNC(=O)c1cccc(O)c1. The van der Waals surface area contributed by atoms with Crippen molar-refractivity contribution in [2.75, 3.05) is 20.3 Å². The van der Waals surface area contributed by atoms with E-state index < -0.39 is 0 Å². The molecule has 1 amide bonds. The monoisotopic (exact) mass is 243 g/mol. The van der Waals surface area contributed by atoms with Gasteiger partial charge in [0.25, 0.3) is 5.91 Å². The topological polar surface area (TPSA) is 58.6 Å². The summed E-state index contributed by atoms with van der Waals surface area (Å²) in [5.41, 5.74) is 0.404. The number of alkyl halides is 1. The number of carbonyl (C=O) groups is 1. The van der Waals surface area contributed by atoms with Gasteiger partial charge in [0.1, 0.15) is 5.75 Å². The van der Waals surface area contributed by atoms with Crippen molar-refractivity contribution in [3.8, 4) is 5.75 Å². The number of ether oxygens (including phenoxy) is 1. The summed E-state index contributed by atoms with van der Waals surface area (Å²) in [4.78, 5) is 11.6. The Kier molecular flexibility index (Phi) is 5.08. The lowest BCUT2D eigenvalue weighted by Gasteiger charge is -2.09. The second kappa shape index (κ2) is 6.35. The lowest BCUT2D eigenvalue weighted by molar-refractivity contribution is 0.0949. The number of hydrogen-bond acceptors (Lipinski definition) is 3. The molecule has 1 unspecified atom stereocenters. The Morgan fingerprint density at radius 2 is 2.38 bits per heavy atom. The smallest absolute Gasteiger partial charge is 0.251 e. The number of halogens is 1. The van der Waals surface area contributed by atoms with Crippen molar-refractivity contribution >= 4 is 17.5 Å². The summed E-state index contributed by atoms with van der Waals surface area (Å²) in [5, 5.41) is 11.6. The van der Waals surface area contributed by atoms with E-state index in [4.69, 9.17) is 16.3 Å². The summed E-state index contributed by atoms with van der Waals surface area (Å²) in [6.07, 6.45) is 0. The van der Waals surface area contributed by atoms with Crippen molar-refractivity contribution in [1.82, 2.24) is 5.32 Å². The molecule has 0 aliphatic heterocycles. The number of aromatic hydroxyl groups is 1. The Morgan fingerprint density at radius 1 is 1.62 bits per heavy atom. The van der Waals surface area contributed by atoms with Gasteiger partial charge in [0.05, 0.1) is 12.0 Å². The molecule has 0 aromatic heterocycles. The zero-order valence-corrected chi connectivity index (χ0v) is 9.70. The molecule has 0 saturated carbocycles. The number of phenols is 1. The molecule has 0 aliphatic carbocycles. The minimum atomic E-state index is -0.266. The number of nitrogens with one attached hydrogen (secondary N) is 1. The van der Waals surface area contributed by atoms with E-state index in [1.165, 1.54) is 12.1 Å². The van der Waals surface area contributed by atoms with Crippen molar-refractivity contribution in [3.63, 3.8) is 0 Å². The highest BCUT2D eigenvalue weighted by molar-refractivity contribution is 6.21. The standard InChI is InChI=1S/C11H14ClNO3/c1-16-7-9(12)6-13-11(15)8-3-2-4-10(14)5-8/h2-5,9,14H,6-7H2,1H3,(H,13,15). The van der Waals surface area contributed by atoms with Gasteiger partial charge < -0.3 is 15.2 Å². The molecular formula is C11H14ClNO3. The van der Waals surface area contributed by atoms with Crippen LogP contribution in [0.3, 0.4) is 0 Å². The van der Waals surface area contributed by atoms with Crippen molar-refractivity contribution in [2.24, 2.45) is 0 Å². The van der Waals surface area contributed by atoms with E-state index >= 15 is 0 Å². The molecule has 1 aromatic carbocycles. The Balaban J connectivity index is 2.47. The van der Waals surface area contributed by atoms with Crippen molar-refractivity contribution in [1.29, 1.82) is 0 Å². The van der Waals surface area contributed by atoms with Crippen LogP contribution in [0.5, 0.6) is 5.75 Å². The Bertz CT molecular complexity index is 357. The van der Waals surface area contributed by atoms with Gasteiger partial charge in [-0.15, -0.1) is 11.6 Å². The average Bonchev–Trinajstić information content (AvgIpc) is 2.26. The summed E-state index contributed by atoms with van der Waals surface area (Å²) >= 11 is 5.85. The first kappa shape index (κ1) is 12.8. The van der Waals surface area contributed by atoms with Crippen LogP contribution in [0, 0.1) is 0 Å². The molecule has 4 nitrogen and oxygen atoms in total. The molecule has 16 heavy (non-hydrogen) atoms. The van der Waals surface area contributed by atoms with E-state index in [0.29, 0.717) is 18.7 Å². The maximum absolute atomic E-state index is 11.6. The number of benzene rings is 1. The van der Waals surface area contributed by atoms with E-state index in [1.807, 2.05) is 0 Å². The van der Waals surface area contributed by atoms with Gasteiger partial charge in [0.15, 0.2) is 0 Å². The largest absolute Gasteiger partial charge is 0.508 e. The van der Waals surface area contributed by atoms with Gasteiger partial charge in [-0.2, -0.15) is 0 Å². The van der Waals surface area contributed by atoms with Crippen LogP contribution in [0.4, 0.5) is 0 Å². The molecule has 0 radical (unpaired) electrons. The Hall–Kier alpha value is -1.26. The molecular weight excluding hydrogens is 230 g/mol. The molecule has 88 valence electrons. The summed E-state index contributed by atoms with van der Waals surface area (Å²) < 4.78 is 4.84. The van der Waals surface area contributed by atoms with E-state index in [9.17, 15) is 9.90 Å².